The molecule has 0 atom stereocenters. The fraction of sp³-hybridized carbons (Fsp3) is 0.0667. The molecule has 4 heteroatoms. The third kappa shape index (κ3) is 3.21. The van der Waals surface area contributed by atoms with E-state index in [1.165, 1.54) is 0 Å². The molecule has 0 unspecified atom stereocenters. The van der Waals surface area contributed by atoms with E-state index in [4.69, 9.17) is 5.26 Å². The molecule has 94 valence electrons. The van der Waals surface area contributed by atoms with E-state index in [0.29, 0.717) is 16.8 Å². The van der Waals surface area contributed by atoms with Crippen molar-refractivity contribution >= 4 is 27.5 Å². The number of amides is 1. The van der Waals surface area contributed by atoms with Crippen molar-refractivity contribution in [2.75, 3.05) is 5.32 Å². The second-order valence-corrected chi connectivity index (χ2v) is 4.97. The van der Waals surface area contributed by atoms with Gasteiger partial charge >= 0.3 is 0 Å². The monoisotopic (exact) mass is 314 g/mol. The first-order valence-corrected chi connectivity index (χ1v) is 6.47. The van der Waals surface area contributed by atoms with Crippen LogP contribution < -0.4 is 5.32 Å². The molecule has 19 heavy (non-hydrogen) atoms. The average molecular weight is 315 g/mol. The highest BCUT2D eigenvalue weighted by Gasteiger charge is 2.07. The normalized spacial score (nSPS) is 9.74. The Balaban J connectivity index is 2.21. The first-order valence-electron chi connectivity index (χ1n) is 5.68. The molecule has 0 saturated carbocycles. The van der Waals surface area contributed by atoms with Gasteiger partial charge in [0, 0.05) is 15.7 Å². The Morgan fingerprint density at radius 1 is 1.26 bits per heavy atom. The predicted molar refractivity (Wildman–Crippen MR) is 78.0 cm³/mol. The minimum atomic E-state index is -0.229. The summed E-state index contributed by atoms with van der Waals surface area (Å²) in [6.07, 6.45) is 0. The number of hydrogen-bond donors (Lipinski definition) is 1. The van der Waals surface area contributed by atoms with Crippen LogP contribution in [0.4, 0.5) is 5.69 Å². The molecule has 0 heterocycles. The maximum absolute atomic E-state index is 12.0. The molecule has 0 bridgehead atoms. The summed E-state index contributed by atoms with van der Waals surface area (Å²) in [5.41, 5.74) is 2.75. The summed E-state index contributed by atoms with van der Waals surface area (Å²) in [4.78, 5) is 12.0. The van der Waals surface area contributed by atoms with E-state index < -0.39 is 0 Å². The second kappa shape index (κ2) is 5.68. The van der Waals surface area contributed by atoms with E-state index in [2.05, 4.69) is 21.2 Å². The van der Waals surface area contributed by atoms with E-state index in [0.717, 1.165) is 10.0 Å². The van der Waals surface area contributed by atoms with Crippen molar-refractivity contribution in [2.45, 2.75) is 6.92 Å². The van der Waals surface area contributed by atoms with E-state index in [9.17, 15) is 4.79 Å². The molecule has 2 rings (SSSR count). The number of benzene rings is 2. The molecule has 2 aromatic carbocycles. The highest BCUT2D eigenvalue weighted by molar-refractivity contribution is 9.10. The van der Waals surface area contributed by atoms with Crippen LogP contribution in [0.15, 0.2) is 46.9 Å². The topological polar surface area (TPSA) is 52.9 Å². The number of nitrogens with one attached hydrogen (secondary N) is 1. The largest absolute Gasteiger partial charge is 0.322 e. The molecule has 2 aromatic rings. The minimum Gasteiger partial charge on any atom is -0.322 e. The zero-order valence-electron chi connectivity index (χ0n) is 10.3. The third-order valence-electron chi connectivity index (χ3n) is 2.68. The van der Waals surface area contributed by atoms with Gasteiger partial charge in [0.25, 0.3) is 5.91 Å². The van der Waals surface area contributed by atoms with Gasteiger partial charge in [0.1, 0.15) is 0 Å². The van der Waals surface area contributed by atoms with Crippen molar-refractivity contribution in [2.24, 2.45) is 0 Å². The van der Waals surface area contributed by atoms with Gasteiger partial charge in [0.05, 0.1) is 11.6 Å². The maximum Gasteiger partial charge on any atom is 0.255 e. The van der Waals surface area contributed by atoms with E-state index >= 15 is 0 Å². The zero-order chi connectivity index (χ0) is 13.8. The average Bonchev–Trinajstić information content (AvgIpc) is 2.43. The number of carbonyl (C=O) groups is 1. The molecule has 0 radical (unpaired) electrons. The van der Waals surface area contributed by atoms with E-state index in [1.54, 1.807) is 24.3 Å². The number of halogens is 1. The molecule has 1 amide bonds. The van der Waals surface area contributed by atoms with Gasteiger partial charge in [-0.25, -0.2) is 0 Å². The Hall–Kier alpha value is -2.12. The van der Waals surface area contributed by atoms with Gasteiger partial charge in [0.15, 0.2) is 0 Å². The zero-order valence-corrected chi connectivity index (χ0v) is 11.9. The lowest BCUT2D eigenvalue weighted by molar-refractivity contribution is 0.102. The first-order chi connectivity index (χ1) is 9.10. The van der Waals surface area contributed by atoms with Crippen LogP contribution in [0.1, 0.15) is 21.5 Å². The predicted octanol–water partition coefficient (Wildman–Crippen LogP) is 3.88. The molecule has 0 saturated heterocycles. The second-order valence-electron chi connectivity index (χ2n) is 4.11. The van der Waals surface area contributed by atoms with Crippen LogP contribution in [0.2, 0.25) is 0 Å². The lowest BCUT2D eigenvalue weighted by Crippen LogP contribution is -2.12. The summed E-state index contributed by atoms with van der Waals surface area (Å²) in [6, 6.07) is 14.2. The summed E-state index contributed by atoms with van der Waals surface area (Å²) >= 11 is 3.42. The van der Waals surface area contributed by atoms with Crippen molar-refractivity contribution in [3.63, 3.8) is 0 Å². The third-order valence-corrected chi connectivity index (χ3v) is 3.54. The van der Waals surface area contributed by atoms with Crippen LogP contribution >= 0.6 is 15.9 Å². The molecule has 3 nitrogen and oxygen atoms in total. The Morgan fingerprint density at radius 2 is 2.05 bits per heavy atom. The van der Waals surface area contributed by atoms with Gasteiger partial charge < -0.3 is 5.32 Å². The highest BCUT2D eigenvalue weighted by atomic mass is 79.9. The Morgan fingerprint density at radius 3 is 2.74 bits per heavy atom. The number of rotatable bonds is 2. The Kier molecular flexibility index (Phi) is 3.98. The van der Waals surface area contributed by atoms with Crippen molar-refractivity contribution < 1.29 is 4.79 Å². The summed E-state index contributed by atoms with van der Waals surface area (Å²) in [7, 11) is 0. The van der Waals surface area contributed by atoms with Crippen LogP contribution in [0.5, 0.6) is 0 Å². The van der Waals surface area contributed by atoms with Gasteiger partial charge in [-0.3, -0.25) is 4.79 Å². The minimum absolute atomic E-state index is 0.229. The molecule has 0 fully saturated rings. The van der Waals surface area contributed by atoms with Crippen LogP contribution in [-0.2, 0) is 0 Å². The SMILES string of the molecule is Cc1ccc(NC(=O)c2cccc(C#N)c2)cc1Br. The van der Waals surface area contributed by atoms with Crippen molar-refractivity contribution in [1.29, 1.82) is 5.26 Å². The Labute approximate surface area is 120 Å². The van der Waals surface area contributed by atoms with Crippen LogP contribution in [0.25, 0.3) is 0 Å². The van der Waals surface area contributed by atoms with Crippen LogP contribution in [0.3, 0.4) is 0 Å². The molecule has 0 aliphatic rings. The van der Waals surface area contributed by atoms with Crippen molar-refractivity contribution in [1.82, 2.24) is 0 Å². The number of carbonyl (C=O) groups excluding carboxylic acids is 1. The van der Waals surface area contributed by atoms with Crippen LogP contribution in [-0.4, -0.2) is 5.91 Å². The fourth-order valence-electron chi connectivity index (χ4n) is 1.60. The smallest absolute Gasteiger partial charge is 0.255 e. The lowest BCUT2D eigenvalue weighted by Gasteiger charge is -2.07. The van der Waals surface area contributed by atoms with Gasteiger partial charge in [-0.2, -0.15) is 5.26 Å². The quantitative estimate of drug-likeness (QED) is 0.914. The summed E-state index contributed by atoms with van der Waals surface area (Å²) in [5.74, 6) is -0.229. The molecule has 0 spiro atoms. The maximum atomic E-state index is 12.0. The van der Waals surface area contributed by atoms with Gasteiger partial charge in [-0.15, -0.1) is 0 Å². The number of anilines is 1. The molecular weight excluding hydrogens is 304 g/mol. The lowest BCUT2D eigenvalue weighted by atomic mass is 10.1. The molecular formula is C15H11BrN2O. The highest BCUT2D eigenvalue weighted by Crippen LogP contribution is 2.21. The van der Waals surface area contributed by atoms with Gasteiger partial charge in [-0.05, 0) is 42.8 Å². The molecule has 1 N–H and O–H groups in total. The summed E-state index contributed by atoms with van der Waals surface area (Å²) < 4.78 is 0.941. The van der Waals surface area contributed by atoms with Crippen LogP contribution in [0, 0.1) is 18.3 Å². The molecule has 0 aliphatic carbocycles. The first kappa shape index (κ1) is 13.3. The summed E-state index contributed by atoms with van der Waals surface area (Å²) in [5, 5.41) is 11.6. The van der Waals surface area contributed by atoms with Gasteiger partial charge in [0.2, 0.25) is 0 Å². The van der Waals surface area contributed by atoms with Crippen molar-refractivity contribution in [3.05, 3.63) is 63.6 Å². The van der Waals surface area contributed by atoms with Gasteiger partial charge in [-0.1, -0.05) is 28.1 Å². The Bertz CT molecular complexity index is 674. The molecule has 0 aromatic heterocycles. The number of nitrogens with zero attached hydrogens (tertiary/aromatic N) is 1. The summed E-state index contributed by atoms with van der Waals surface area (Å²) in [6.45, 7) is 1.98. The number of nitriles is 1. The standard InChI is InChI=1S/C15H11BrN2O/c1-10-5-6-13(8-14(10)16)18-15(19)12-4-2-3-11(7-12)9-17/h2-8H,1H3,(H,18,19). The van der Waals surface area contributed by atoms with E-state index in [1.807, 2.05) is 31.2 Å². The van der Waals surface area contributed by atoms with E-state index in [-0.39, 0.29) is 5.91 Å². The fourth-order valence-corrected chi connectivity index (χ4v) is 1.98. The number of hydrogen-bond acceptors (Lipinski definition) is 2. The molecule has 0 aliphatic heterocycles. The van der Waals surface area contributed by atoms with Crippen molar-refractivity contribution in [3.8, 4) is 6.07 Å². The number of aryl methyl sites for hydroxylation is 1.